The summed E-state index contributed by atoms with van der Waals surface area (Å²) in [5.74, 6) is -0.755. The molecule has 0 amide bonds. The van der Waals surface area contributed by atoms with E-state index in [0.717, 1.165) is 24.1 Å². The highest BCUT2D eigenvalue weighted by Gasteiger charge is 2.24. The van der Waals surface area contributed by atoms with E-state index in [1.165, 1.54) is 6.08 Å². The monoisotopic (exact) mass is 393 g/mol. The average Bonchev–Trinajstić information content (AvgIpc) is 2.94. The number of ether oxygens (including phenoxy) is 3. The molecule has 8 nitrogen and oxygen atoms in total. The molecule has 1 aliphatic rings. The Balaban J connectivity index is 2.12. The highest BCUT2D eigenvalue weighted by molar-refractivity contribution is 7.95. The van der Waals surface area contributed by atoms with Gasteiger partial charge in [0.05, 0.1) is 5.69 Å². The van der Waals surface area contributed by atoms with Gasteiger partial charge in [0, 0.05) is 25.5 Å². The number of sulfone groups is 1. The summed E-state index contributed by atoms with van der Waals surface area (Å²) < 4.78 is 39.0. The zero-order valence-corrected chi connectivity index (χ0v) is 15.7. The minimum Gasteiger partial charge on any atom is -0.459 e. The minimum absolute atomic E-state index is 0.212. The number of esters is 2. The number of allylic oxidation sites excluding steroid dienone is 2. The molecule has 0 radical (unpaired) electrons. The van der Waals surface area contributed by atoms with Gasteiger partial charge in [-0.3, -0.25) is 0 Å². The lowest BCUT2D eigenvalue weighted by atomic mass is 10.3. The summed E-state index contributed by atoms with van der Waals surface area (Å²) in [6.07, 6.45) is 4.34. The number of carbonyl (C=O) groups is 2. The number of rotatable bonds is 7. The molecule has 0 saturated heterocycles. The van der Waals surface area contributed by atoms with Crippen molar-refractivity contribution in [3.05, 3.63) is 59.9 Å². The number of nitrogens with zero attached hydrogens (tertiary/aromatic N) is 1. The second kappa shape index (κ2) is 8.54. The molecule has 0 bridgehead atoms. The molecule has 0 fully saturated rings. The van der Waals surface area contributed by atoms with Crippen LogP contribution < -0.4 is 9.64 Å². The van der Waals surface area contributed by atoms with Gasteiger partial charge in [0.1, 0.15) is 13.2 Å². The molecule has 0 atom stereocenters. The van der Waals surface area contributed by atoms with E-state index < -0.39 is 26.7 Å². The van der Waals surface area contributed by atoms with Crippen molar-refractivity contribution in [3.8, 4) is 5.75 Å². The lowest BCUT2D eigenvalue weighted by Gasteiger charge is -2.10. The summed E-state index contributed by atoms with van der Waals surface area (Å²) in [7, 11) is -2.11. The zero-order chi connectivity index (χ0) is 20.0. The molecule has 27 heavy (non-hydrogen) atoms. The molecule has 9 heteroatoms. The maximum atomic E-state index is 12.1. The molecule has 0 N–H and O–H groups in total. The number of hydrogen-bond acceptors (Lipinski definition) is 8. The van der Waals surface area contributed by atoms with Crippen molar-refractivity contribution in [1.29, 1.82) is 0 Å². The van der Waals surface area contributed by atoms with Gasteiger partial charge in [0.25, 0.3) is 0 Å². The maximum absolute atomic E-state index is 12.1. The van der Waals surface area contributed by atoms with Crippen LogP contribution in [0.25, 0.3) is 0 Å². The quantitative estimate of drug-likeness (QED) is 0.391. The van der Waals surface area contributed by atoms with Gasteiger partial charge in [-0.1, -0.05) is 18.7 Å². The van der Waals surface area contributed by atoms with Crippen LogP contribution in [0.4, 0.5) is 5.69 Å². The van der Waals surface area contributed by atoms with Gasteiger partial charge in [0.15, 0.2) is 26.4 Å². The van der Waals surface area contributed by atoms with Gasteiger partial charge >= 0.3 is 11.9 Å². The Bertz CT molecular complexity index is 915. The summed E-state index contributed by atoms with van der Waals surface area (Å²) >= 11 is 0. The SMILES string of the molecule is C=CC(=O)OCCOC(=O)/C(=C/C=C1\Oc2ccccc2N1C)S(C)(=O)=O. The first-order chi connectivity index (χ1) is 12.7. The zero-order valence-electron chi connectivity index (χ0n) is 14.9. The van der Waals surface area contributed by atoms with Crippen molar-refractivity contribution < 1.29 is 32.2 Å². The van der Waals surface area contributed by atoms with Crippen molar-refractivity contribution in [2.75, 3.05) is 31.4 Å². The molecule has 0 aromatic heterocycles. The van der Waals surface area contributed by atoms with Gasteiger partial charge in [-0.05, 0) is 18.2 Å². The third-order valence-corrected chi connectivity index (χ3v) is 4.58. The molecule has 2 rings (SSSR count). The van der Waals surface area contributed by atoms with Crippen LogP contribution in [0, 0.1) is 0 Å². The highest BCUT2D eigenvalue weighted by atomic mass is 32.2. The van der Waals surface area contributed by atoms with Crippen molar-refractivity contribution in [3.63, 3.8) is 0 Å². The minimum atomic E-state index is -3.85. The van der Waals surface area contributed by atoms with Crippen LogP contribution >= 0.6 is 0 Å². The van der Waals surface area contributed by atoms with Gasteiger partial charge in [-0.15, -0.1) is 0 Å². The first kappa shape index (κ1) is 20.2. The van der Waals surface area contributed by atoms with E-state index in [9.17, 15) is 18.0 Å². The number of benzene rings is 1. The van der Waals surface area contributed by atoms with E-state index >= 15 is 0 Å². The average molecular weight is 393 g/mol. The van der Waals surface area contributed by atoms with Crippen molar-refractivity contribution in [2.45, 2.75) is 0 Å². The Labute approximate surface area is 157 Å². The molecule has 1 heterocycles. The van der Waals surface area contributed by atoms with Crippen LogP contribution in [0.15, 0.2) is 59.9 Å². The van der Waals surface area contributed by atoms with Gasteiger partial charge in [-0.25, -0.2) is 18.0 Å². The normalized spacial score (nSPS) is 15.1. The molecular weight excluding hydrogens is 374 g/mol. The molecule has 0 spiro atoms. The predicted octanol–water partition coefficient (Wildman–Crippen LogP) is 1.56. The standard InChI is InChI=1S/C18H19NO7S/c1-4-17(20)24-11-12-25-18(21)15(27(3,22)23)9-10-16-19(2)13-7-5-6-8-14(13)26-16/h4-10H,1,11-12H2,2-3H3/b15-9-,16-10-. The second-order valence-corrected chi connectivity index (χ2v) is 7.43. The first-order valence-electron chi connectivity index (χ1n) is 7.83. The van der Waals surface area contributed by atoms with Crippen LogP contribution in [0.2, 0.25) is 0 Å². The third-order valence-electron chi connectivity index (χ3n) is 3.48. The number of hydrogen-bond donors (Lipinski definition) is 0. The number of carbonyl (C=O) groups excluding carboxylic acids is 2. The number of fused-ring (bicyclic) bond motifs is 1. The van der Waals surface area contributed by atoms with E-state index in [1.807, 2.05) is 18.2 Å². The van der Waals surface area contributed by atoms with Crippen molar-refractivity contribution in [2.24, 2.45) is 0 Å². The van der Waals surface area contributed by atoms with Crippen LogP contribution in [0.5, 0.6) is 5.75 Å². The molecule has 0 saturated carbocycles. The summed E-state index contributed by atoms with van der Waals surface area (Å²) in [6, 6.07) is 7.27. The summed E-state index contributed by atoms with van der Waals surface area (Å²) in [5, 5.41) is 0. The Morgan fingerprint density at radius 2 is 1.89 bits per heavy atom. The third kappa shape index (κ3) is 5.20. The van der Waals surface area contributed by atoms with E-state index in [2.05, 4.69) is 11.3 Å². The topological polar surface area (TPSA) is 99.2 Å². The van der Waals surface area contributed by atoms with Crippen molar-refractivity contribution in [1.82, 2.24) is 0 Å². The Kier molecular flexibility index (Phi) is 6.40. The van der Waals surface area contributed by atoms with Gasteiger partial charge in [0.2, 0.25) is 0 Å². The summed E-state index contributed by atoms with van der Waals surface area (Å²) in [5.41, 5.74) is 0.810. The van der Waals surface area contributed by atoms with E-state index in [1.54, 1.807) is 18.0 Å². The fraction of sp³-hybridized carbons (Fsp3) is 0.222. The Morgan fingerprint density at radius 3 is 2.52 bits per heavy atom. The summed E-state index contributed by atoms with van der Waals surface area (Å²) in [6.45, 7) is 2.72. The Hall–Kier alpha value is -3.07. The van der Waals surface area contributed by atoms with Crippen LogP contribution in [-0.4, -0.2) is 46.9 Å². The molecule has 1 aromatic carbocycles. The smallest absolute Gasteiger partial charge is 0.349 e. The molecule has 144 valence electrons. The van der Waals surface area contributed by atoms with Crippen LogP contribution in [-0.2, 0) is 28.9 Å². The van der Waals surface area contributed by atoms with Crippen LogP contribution in [0.3, 0.4) is 0 Å². The number of anilines is 1. The van der Waals surface area contributed by atoms with E-state index in [0.29, 0.717) is 11.6 Å². The van der Waals surface area contributed by atoms with Gasteiger partial charge < -0.3 is 19.1 Å². The molecule has 0 unspecified atom stereocenters. The molecule has 1 aromatic rings. The summed E-state index contributed by atoms with van der Waals surface area (Å²) in [4.78, 5) is 24.2. The second-order valence-electron chi connectivity index (χ2n) is 5.44. The first-order valence-corrected chi connectivity index (χ1v) is 9.72. The predicted molar refractivity (Wildman–Crippen MR) is 98.6 cm³/mol. The highest BCUT2D eigenvalue weighted by Crippen LogP contribution is 2.37. The number of para-hydroxylation sites is 2. The fourth-order valence-corrected chi connectivity index (χ4v) is 2.84. The fourth-order valence-electron chi connectivity index (χ4n) is 2.16. The molecule has 0 aliphatic carbocycles. The Morgan fingerprint density at radius 1 is 1.22 bits per heavy atom. The van der Waals surface area contributed by atoms with E-state index in [4.69, 9.17) is 9.47 Å². The van der Waals surface area contributed by atoms with Crippen molar-refractivity contribution >= 4 is 27.5 Å². The maximum Gasteiger partial charge on any atom is 0.349 e. The largest absolute Gasteiger partial charge is 0.459 e. The lowest BCUT2D eigenvalue weighted by Crippen LogP contribution is -2.19. The molecular formula is C18H19NO7S. The van der Waals surface area contributed by atoms with Gasteiger partial charge in [-0.2, -0.15) is 0 Å². The molecule has 1 aliphatic heterocycles. The van der Waals surface area contributed by atoms with Crippen LogP contribution in [0.1, 0.15) is 0 Å². The lowest BCUT2D eigenvalue weighted by molar-refractivity contribution is -0.146. The van der Waals surface area contributed by atoms with E-state index in [-0.39, 0.29) is 13.2 Å².